The number of carboxylic acids is 1. The maximum atomic E-state index is 13.2. The van der Waals surface area contributed by atoms with Crippen LogP contribution in [0.25, 0.3) is 22.0 Å². The van der Waals surface area contributed by atoms with E-state index in [1.807, 2.05) is 57.2 Å². The van der Waals surface area contributed by atoms with Crippen LogP contribution in [-0.4, -0.2) is 39.6 Å². The SMILES string of the molecule is COc1cc2ncc(C(=O)NC(C)(C)C)c(Nc3ccccc3)c2cc1-c1ccc(C(=O)O)nc1. The molecule has 0 saturated heterocycles. The Morgan fingerprint density at radius 3 is 2.31 bits per heavy atom. The van der Waals surface area contributed by atoms with Gasteiger partial charge in [0.25, 0.3) is 5.91 Å². The number of nitrogens with one attached hydrogen (secondary N) is 2. The van der Waals surface area contributed by atoms with Gasteiger partial charge in [-0.25, -0.2) is 9.78 Å². The molecule has 2 aromatic carbocycles. The van der Waals surface area contributed by atoms with Crippen LogP contribution in [0.5, 0.6) is 5.75 Å². The molecule has 3 N–H and O–H groups in total. The van der Waals surface area contributed by atoms with Gasteiger partial charge in [0.2, 0.25) is 0 Å². The van der Waals surface area contributed by atoms with Gasteiger partial charge in [0.05, 0.1) is 23.9 Å². The number of carbonyl (C=O) groups excluding carboxylic acids is 1. The van der Waals surface area contributed by atoms with Gasteiger partial charge in [-0.3, -0.25) is 9.78 Å². The number of benzene rings is 2. The maximum absolute atomic E-state index is 13.2. The highest BCUT2D eigenvalue weighted by atomic mass is 16.5. The Labute approximate surface area is 203 Å². The lowest BCUT2D eigenvalue weighted by Gasteiger charge is -2.22. The number of methoxy groups -OCH3 is 1. The summed E-state index contributed by atoms with van der Waals surface area (Å²) in [5.74, 6) is -0.808. The smallest absolute Gasteiger partial charge is 0.354 e. The summed E-state index contributed by atoms with van der Waals surface area (Å²) in [6.45, 7) is 5.75. The molecule has 0 aliphatic heterocycles. The fourth-order valence-electron chi connectivity index (χ4n) is 3.67. The number of nitrogens with zero attached hydrogens (tertiary/aromatic N) is 2. The minimum absolute atomic E-state index is 0.0530. The average Bonchev–Trinajstić information content (AvgIpc) is 2.83. The number of ether oxygens (including phenoxy) is 1. The number of aromatic nitrogens is 2. The van der Waals surface area contributed by atoms with Crippen LogP contribution < -0.4 is 15.4 Å². The summed E-state index contributed by atoms with van der Waals surface area (Å²) in [6.07, 6.45) is 3.04. The van der Waals surface area contributed by atoms with Crippen molar-refractivity contribution in [1.82, 2.24) is 15.3 Å². The number of hydrogen-bond donors (Lipinski definition) is 3. The molecule has 2 aromatic heterocycles. The molecular weight excluding hydrogens is 444 g/mol. The first-order chi connectivity index (χ1) is 16.7. The molecule has 0 fully saturated rings. The molecule has 0 aliphatic carbocycles. The minimum Gasteiger partial charge on any atom is -0.496 e. The number of carbonyl (C=O) groups is 2. The molecule has 0 spiro atoms. The number of amides is 1. The van der Waals surface area contributed by atoms with Gasteiger partial charge >= 0.3 is 5.97 Å². The third-order valence-electron chi connectivity index (χ3n) is 5.26. The van der Waals surface area contributed by atoms with E-state index in [0.717, 1.165) is 5.69 Å². The number of fused-ring (bicyclic) bond motifs is 1. The Hall–Kier alpha value is -4.46. The lowest BCUT2D eigenvalue weighted by molar-refractivity contribution is 0.0690. The largest absolute Gasteiger partial charge is 0.496 e. The number of pyridine rings is 2. The molecule has 0 unspecified atom stereocenters. The molecule has 2 heterocycles. The normalized spacial score (nSPS) is 11.2. The monoisotopic (exact) mass is 470 g/mol. The van der Waals surface area contributed by atoms with Crippen molar-refractivity contribution >= 4 is 34.2 Å². The van der Waals surface area contributed by atoms with Gasteiger partial charge in [-0.15, -0.1) is 0 Å². The zero-order chi connectivity index (χ0) is 25.2. The fourth-order valence-corrected chi connectivity index (χ4v) is 3.67. The average molecular weight is 471 g/mol. The first-order valence-corrected chi connectivity index (χ1v) is 11.0. The number of rotatable bonds is 6. The van der Waals surface area contributed by atoms with Crippen molar-refractivity contribution in [1.29, 1.82) is 0 Å². The summed E-state index contributed by atoms with van der Waals surface area (Å²) >= 11 is 0. The second-order valence-corrected chi connectivity index (χ2v) is 9.05. The van der Waals surface area contributed by atoms with Gasteiger partial charge in [0.1, 0.15) is 11.4 Å². The third-order valence-corrected chi connectivity index (χ3v) is 5.26. The van der Waals surface area contributed by atoms with Crippen LogP contribution in [0.4, 0.5) is 11.4 Å². The minimum atomic E-state index is -1.10. The van der Waals surface area contributed by atoms with Crippen molar-refractivity contribution < 1.29 is 19.4 Å². The molecule has 0 atom stereocenters. The predicted octanol–water partition coefficient (Wildman–Crippen LogP) is 5.28. The Kier molecular flexibility index (Phi) is 6.38. The number of para-hydroxylation sites is 1. The first kappa shape index (κ1) is 23.7. The highest BCUT2D eigenvalue weighted by Crippen LogP contribution is 2.38. The molecule has 0 aliphatic rings. The zero-order valence-electron chi connectivity index (χ0n) is 19.9. The summed E-state index contributed by atoms with van der Waals surface area (Å²) in [5.41, 5.74) is 3.32. The van der Waals surface area contributed by atoms with E-state index in [1.54, 1.807) is 25.4 Å². The molecular formula is C27H26N4O4. The summed E-state index contributed by atoms with van der Waals surface area (Å²) in [5, 5.41) is 16.3. The van der Waals surface area contributed by atoms with E-state index >= 15 is 0 Å². The molecule has 8 nitrogen and oxygen atoms in total. The molecule has 178 valence electrons. The lowest BCUT2D eigenvalue weighted by atomic mass is 10.00. The van der Waals surface area contributed by atoms with Gasteiger partial charge in [0, 0.05) is 46.2 Å². The number of carboxylic acid groups (broad SMARTS) is 1. The number of hydrogen-bond acceptors (Lipinski definition) is 6. The van der Waals surface area contributed by atoms with Crippen molar-refractivity contribution in [3.05, 3.63) is 78.2 Å². The van der Waals surface area contributed by atoms with E-state index in [2.05, 4.69) is 20.6 Å². The van der Waals surface area contributed by atoms with Gasteiger partial charge in [-0.2, -0.15) is 0 Å². The highest BCUT2D eigenvalue weighted by Gasteiger charge is 2.22. The molecule has 1 amide bonds. The lowest BCUT2D eigenvalue weighted by Crippen LogP contribution is -2.40. The van der Waals surface area contributed by atoms with Crippen LogP contribution in [0.15, 0.2) is 67.0 Å². The van der Waals surface area contributed by atoms with E-state index in [9.17, 15) is 14.7 Å². The Morgan fingerprint density at radius 1 is 0.971 bits per heavy atom. The molecule has 8 heteroatoms. The van der Waals surface area contributed by atoms with Crippen LogP contribution in [0, 0.1) is 0 Å². The molecule has 0 radical (unpaired) electrons. The summed E-state index contributed by atoms with van der Waals surface area (Å²) in [4.78, 5) is 33.0. The van der Waals surface area contributed by atoms with Gasteiger partial charge in [0.15, 0.2) is 0 Å². The van der Waals surface area contributed by atoms with E-state index in [0.29, 0.717) is 39.0 Å². The van der Waals surface area contributed by atoms with Crippen LogP contribution in [0.3, 0.4) is 0 Å². The van der Waals surface area contributed by atoms with Crippen LogP contribution in [0.2, 0.25) is 0 Å². The quantitative estimate of drug-likeness (QED) is 0.351. The Morgan fingerprint density at radius 2 is 1.71 bits per heavy atom. The molecule has 0 bridgehead atoms. The van der Waals surface area contributed by atoms with E-state index in [-0.39, 0.29) is 11.6 Å². The van der Waals surface area contributed by atoms with Crippen molar-refractivity contribution in [2.75, 3.05) is 12.4 Å². The summed E-state index contributed by atoms with van der Waals surface area (Å²) < 4.78 is 5.60. The first-order valence-electron chi connectivity index (χ1n) is 11.0. The van der Waals surface area contributed by atoms with Crippen LogP contribution >= 0.6 is 0 Å². The second-order valence-electron chi connectivity index (χ2n) is 9.05. The standard InChI is InChI=1S/C27H26N4O4/c1-27(2,3)31-25(32)20-15-29-22-13-23(35-4)18(16-10-11-21(26(33)34)28-14-16)12-19(22)24(20)30-17-8-6-5-7-9-17/h5-15H,1-4H3,(H,29,30)(H,31,32)(H,33,34). The summed E-state index contributed by atoms with van der Waals surface area (Å²) in [7, 11) is 1.55. The second kappa shape index (κ2) is 9.42. The van der Waals surface area contributed by atoms with Crippen LogP contribution in [-0.2, 0) is 0 Å². The van der Waals surface area contributed by atoms with Crippen molar-refractivity contribution in [3.8, 4) is 16.9 Å². The fraction of sp³-hybridized carbons (Fsp3) is 0.185. The predicted molar refractivity (Wildman–Crippen MR) is 135 cm³/mol. The third kappa shape index (κ3) is 5.22. The van der Waals surface area contributed by atoms with E-state index in [1.165, 1.54) is 12.3 Å². The number of anilines is 2. The molecule has 0 saturated carbocycles. The van der Waals surface area contributed by atoms with Crippen molar-refractivity contribution in [3.63, 3.8) is 0 Å². The molecule has 35 heavy (non-hydrogen) atoms. The highest BCUT2D eigenvalue weighted by molar-refractivity contribution is 6.09. The Bertz CT molecular complexity index is 1400. The maximum Gasteiger partial charge on any atom is 0.354 e. The molecule has 4 aromatic rings. The van der Waals surface area contributed by atoms with Gasteiger partial charge in [-0.1, -0.05) is 24.3 Å². The topological polar surface area (TPSA) is 113 Å². The van der Waals surface area contributed by atoms with E-state index < -0.39 is 11.5 Å². The van der Waals surface area contributed by atoms with Gasteiger partial charge in [-0.05, 0) is 45.0 Å². The summed E-state index contributed by atoms with van der Waals surface area (Å²) in [6, 6.07) is 16.3. The zero-order valence-corrected chi connectivity index (χ0v) is 19.9. The van der Waals surface area contributed by atoms with E-state index in [4.69, 9.17) is 4.74 Å². The van der Waals surface area contributed by atoms with Crippen molar-refractivity contribution in [2.45, 2.75) is 26.3 Å². The van der Waals surface area contributed by atoms with Gasteiger partial charge < -0.3 is 20.5 Å². The van der Waals surface area contributed by atoms with Crippen molar-refractivity contribution in [2.24, 2.45) is 0 Å². The molecule has 4 rings (SSSR count). The Balaban J connectivity index is 1.93. The number of aromatic carboxylic acids is 1. The van der Waals surface area contributed by atoms with Crippen LogP contribution in [0.1, 0.15) is 41.6 Å².